The van der Waals surface area contributed by atoms with E-state index < -0.39 is 23.6 Å². The Labute approximate surface area is 129 Å². The number of halogens is 4. The number of benzene rings is 1. The maximum Gasteiger partial charge on any atom is 0.416 e. The fourth-order valence-electron chi connectivity index (χ4n) is 2.60. The first-order valence-electron chi connectivity index (χ1n) is 6.83. The quantitative estimate of drug-likeness (QED) is 0.751. The molecule has 0 fully saturated rings. The predicted molar refractivity (Wildman–Crippen MR) is 74.8 cm³/mol. The van der Waals surface area contributed by atoms with E-state index in [1.165, 1.54) is 6.20 Å². The Balaban J connectivity index is 2.08. The summed E-state index contributed by atoms with van der Waals surface area (Å²) in [7, 11) is 1.60. The van der Waals surface area contributed by atoms with Crippen LogP contribution in [0, 0.1) is 12.7 Å². The molecule has 4 nitrogen and oxygen atoms in total. The molecule has 1 aliphatic heterocycles. The number of anilines is 1. The van der Waals surface area contributed by atoms with Crippen molar-refractivity contribution in [3.63, 3.8) is 0 Å². The van der Waals surface area contributed by atoms with Crippen molar-refractivity contribution < 1.29 is 22.3 Å². The van der Waals surface area contributed by atoms with Gasteiger partial charge < -0.3 is 9.64 Å². The van der Waals surface area contributed by atoms with Gasteiger partial charge in [0.25, 0.3) is 0 Å². The first-order valence-corrected chi connectivity index (χ1v) is 6.83. The number of nitrogens with zero attached hydrogens (tertiary/aromatic N) is 3. The topological polar surface area (TPSA) is 38.2 Å². The summed E-state index contributed by atoms with van der Waals surface area (Å²) in [5.41, 5.74) is -1.06. The molecule has 0 saturated heterocycles. The molecule has 23 heavy (non-hydrogen) atoms. The highest BCUT2D eigenvalue weighted by atomic mass is 19.4. The van der Waals surface area contributed by atoms with Crippen LogP contribution in [-0.4, -0.2) is 23.6 Å². The van der Waals surface area contributed by atoms with E-state index in [0.717, 1.165) is 18.2 Å². The maximum atomic E-state index is 13.5. The Bertz CT molecular complexity index is 748. The summed E-state index contributed by atoms with van der Waals surface area (Å²) < 4.78 is 58.6. The number of ether oxygens (including phenoxy) is 1. The first-order chi connectivity index (χ1) is 10.8. The molecule has 0 amide bonds. The fraction of sp³-hybridized carbons (Fsp3) is 0.333. The van der Waals surface area contributed by atoms with E-state index in [9.17, 15) is 17.6 Å². The summed E-state index contributed by atoms with van der Waals surface area (Å²) in [6, 6.07) is 1.64. The molecule has 1 atom stereocenters. The molecule has 0 N–H and O–H groups in total. The molecule has 1 aromatic carbocycles. The van der Waals surface area contributed by atoms with Crippen LogP contribution in [0.1, 0.15) is 23.0 Å². The van der Waals surface area contributed by atoms with E-state index in [-0.39, 0.29) is 12.2 Å². The minimum absolute atomic E-state index is 0.0531. The van der Waals surface area contributed by atoms with Gasteiger partial charge in [-0.25, -0.2) is 14.4 Å². The fourth-order valence-corrected chi connectivity index (χ4v) is 2.60. The Morgan fingerprint density at radius 3 is 2.74 bits per heavy atom. The molecule has 0 aliphatic carbocycles. The average molecular weight is 327 g/mol. The van der Waals surface area contributed by atoms with Crippen molar-refractivity contribution in [1.82, 2.24) is 9.97 Å². The van der Waals surface area contributed by atoms with Crippen molar-refractivity contribution in [2.45, 2.75) is 19.1 Å². The normalized spacial score (nSPS) is 17.7. The Morgan fingerprint density at radius 1 is 1.30 bits per heavy atom. The molecule has 8 heteroatoms. The summed E-state index contributed by atoms with van der Waals surface area (Å²) in [4.78, 5) is 9.75. The summed E-state index contributed by atoms with van der Waals surface area (Å²) >= 11 is 0. The lowest BCUT2D eigenvalue weighted by Crippen LogP contribution is -2.35. The van der Waals surface area contributed by atoms with E-state index in [4.69, 9.17) is 4.74 Å². The van der Waals surface area contributed by atoms with Gasteiger partial charge in [-0.3, -0.25) is 0 Å². The lowest BCUT2D eigenvalue weighted by atomic mass is 9.98. The van der Waals surface area contributed by atoms with Crippen molar-refractivity contribution in [3.8, 4) is 5.75 Å². The van der Waals surface area contributed by atoms with Crippen LogP contribution in [0.3, 0.4) is 0 Å². The van der Waals surface area contributed by atoms with Crippen molar-refractivity contribution in [2.75, 3.05) is 18.6 Å². The lowest BCUT2D eigenvalue weighted by Gasteiger charge is -2.36. The van der Waals surface area contributed by atoms with Gasteiger partial charge in [-0.2, -0.15) is 13.2 Å². The first kappa shape index (κ1) is 15.5. The van der Waals surface area contributed by atoms with Crippen molar-refractivity contribution >= 4 is 5.82 Å². The summed E-state index contributed by atoms with van der Waals surface area (Å²) in [5, 5.41) is 0. The molecule has 1 aliphatic rings. The molecule has 0 radical (unpaired) electrons. The van der Waals surface area contributed by atoms with Gasteiger partial charge in [-0.1, -0.05) is 0 Å². The van der Waals surface area contributed by atoms with Gasteiger partial charge in [0.2, 0.25) is 0 Å². The SMILES string of the molecule is Cc1ncc2c(n1)N(C)C(c1cc(F)ccc1C(F)(F)F)CO2. The van der Waals surface area contributed by atoms with Gasteiger partial charge in [-0.15, -0.1) is 0 Å². The third kappa shape index (κ3) is 2.80. The number of fused-ring (bicyclic) bond motifs is 1. The molecule has 0 bridgehead atoms. The number of hydrogen-bond acceptors (Lipinski definition) is 4. The highest BCUT2D eigenvalue weighted by Crippen LogP contribution is 2.41. The number of alkyl halides is 3. The second-order valence-electron chi connectivity index (χ2n) is 5.27. The number of likely N-dealkylation sites (N-methyl/N-ethyl adjacent to an activating group) is 1. The number of aryl methyl sites for hydroxylation is 1. The third-order valence-corrected chi connectivity index (χ3v) is 3.73. The molecular formula is C15H13F4N3O. The highest BCUT2D eigenvalue weighted by molar-refractivity contribution is 5.55. The van der Waals surface area contributed by atoms with Gasteiger partial charge >= 0.3 is 6.18 Å². The second kappa shape index (κ2) is 5.36. The second-order valence-corrected chi connectivity index (χ2v) is 5.27. The molecule has 1 aromatic heterocycles. The van der Waals surface area contributed by atoms with E-state index in [0.29, 0.717) is 17.4 Å². The number of aromatic nitrogens is 2. The van der Waals surface area contributed by atoms with Crippen LogP contribution >= 0.6 is 0 Å². The zero-order valence-electron chi connectivity index (χ0n) is 12.4. The van der Waals surface area contributed by atoms with Gasteiger partial charge in [-0.05, 0) is 30.7 Å². The van der Waals surface area contributed by atoms with Gasteiger partial charge in [0, 0.05) is 7.05 Å². The smallest absolute Gasteiger partial charge is 0.416 e. The monoisotopic (exact) mass is 327 g/mol. The van der Waals surface area contributed by atoms with Crippen molar-refractivity contribution in [1.29, 1.82) is 0 Å². The maximum absolute atomic E-state index is 13.5. The number of rotatable bonds is 1. The molecule has 122 valence electrons. The van der Waals surface area contributed by atoms with Gasteiger partial charge in [0.15, 0.2) is 11.6 Å². The Hall–Kier alpha value is -2.38. The van der Waals surface area contributed by atoms with Crippen LogP contribution in [0.25, 0.3) is 0 Å². The zero-order valence-corrected chi connectivity index (χ0v) is 12.4. The van der Waals surface area contributed by atoms with E-state index in [1.54, 1.807) is 18.9 Å². The standard InChI is InChI=1S/C15H13F4N3O/c1-8-20-6-13-14(21-8)22(2)12(7-23-13)10-5-9(16)3-4-11(10)15(17,18)19/h3-6,12H,7H2,1-2H3. The zero-order chi connectivity index (χ0) is 16.8. The minimum Gasteiger partial charge on any atom is -0.486 e. The largest absolute Gasteiger partial charge is 0.486 e. The highest BCUT2D eigenvalue weighted by Gasteiger charge is 2.38. The summed E-state index contributed by atoms with van der Waals surface area (Å²) in [5.74, 6) is 0.506. The lowest BCUT2D eigenvalue weighted by molar-refractivity contribution is -0.138. The minimum atomic E-state index is -4.58. The molecule has 3 rings (SSSR count). The number of hydrogen-bond donors (Lipinski definition) is 0. The van der Waals surface area contributed by atoms with Crippen LogP contribution in [0.5, 0.6) is 5.75 Å². The Morgan fingerprint density at radius 2 is 2.04 bits per heavy atom. The van der Waals surface area contributed by atoms with Gasteiger partial charge in [0.1, 0.15) is 18.2 Å². The third-order valence-electron chi connectivity index (χ3n) is 3.73. The molecular weight excluding hydrogens is 314 g/mol. The van der Waals surface area contributed by atoms with E-state index in [1.807, 2.05) is 0 Å². The van der Waals surface area contributed by atoms with Crippen molar-refractivity contribution in [2.24, 2.45) is 0 Å². The summed E-state index contributed by atoms with van der Waals surface area (Å²) in [6.45, 7) is 1.61. The van der Waals surface area contributed by atoms with Crippen LogP contribution < -0.4 is 9.64 Å². The summed E-state index contributed by atoms with van der Waals surface area (Å²) in [6.07, 6.45) is -3.10. The Kier molecular flexibility index (Phi) is 3.62. The van der Waals surface area contributed by atoms with E-state index in [2.05, 4.69) is 9.97 Å². The molecule has 2 aromatic rings. The van der Waals surface area contributed by atoms with E-state index >= 15 is 0 Å². The van der Waals surface area contributed by atoms with Gasteiger partial charge in [0.05, 0.1) is 17.8 Å². The predicted octanol–water partition coefficient (Wildman–Crippen LogP) is 3.51. The van der Waals surface area contributed by atoms with Crippen molar-refractivity contribution in [3.05, 3.63) is 47.2 Å². The molecule has 0 spiro atoms. The molecule has 1 unspecified atom stereocenters. The average Bonchev–Trinajstić information content (AvgIpc) is 2.47. The van der Waals surface area contributed by atoms with Crippen LogP contribution in [0.4, 0.5) is 23.4 Å². The van der Waals surface area contributed by atoms with Crippen LogP contribution in [-0.2, 0) is 6.18 Å². The molecule has 0 saturated carbocycles. The molecule has 2 heterocycles. The van der Waals surface area contributed by atoms with Crippen LogP contribution in [0.2, 0.25) is 0 Å². The van der Waals surface area contributed by atoms with Crippen LogP contribution in [0.15, 0.2) is 24.4 Å².